The number of nitrogens with one attached hydrogen (secondary N) is 3. The van der Waals surface area contributed by atoms with Gasteiger partial charge < -0.3 is 16.0 Å². The number of hydrogen-bond acceptors (Lipinski definition) is 8. The van der Waals surface area contributed by atoms with Gasteiger partial charge in [-0.1, -0.05) is 54.1 Å². The predicted molar refractivity (Wildman–Crippen MR) is 193 cm³/mol. The Bertz CT molecular complexity index is 2090. The number of nitro benzene ring substituents is 1. The summed E-state index contributed by atoms with van der Waals surface area (Å²) in [4.78, 5) is 50.9. The first-order valence-electron chi connectivity index (χ1n) is 14.9. The van der Waals surface area contributed by atoms with Crippen molar-refractivity contribution in [2.75, 3.05) is 10.6 Å². The molecule has 1 atom stereocenters. The lowest BCUT2D eigenvalue weighted by atomic mass is 10.0. The van der Waals surface area contributed by atoms with Crippen LogP contribution in [0.3, 0.4) is 0 Å². The standard InChI is InChI=1S/C37H29N5O5S2/c1-23-11-15-26(16-12-23)32-22-48-37(31(32)21-38)41-34(43)24(2)49-30-10-6-9-28(20-30)39-36(45)33(40-35(44)27-7-4-3-5-8-27)19-25-13-17-29(18-14-25)42(46)47/h3-20,22,24H,1-2H3,(H,39,45)(H,40,44)(H,41,43)/b33-19+. The first-order valence-corrected chi connectivity index (χ1v) is 16.7. The van der Waals surface area contributed by atoms with Crippen molar-refractivity contribution in [3.63, 3.8) is 0 Å². The van der Waals surface area contributed by atoms with Gasteiger partial charge in [-0.05, 0) is 73.5 Å². The average Bonchev–Trinajstić information content (AvgIpc) is 3.51. The van der Waals surface area contributed by atoms with E-state index in [4.69, 9.17) is 0 Å². The smallest absolute Gasteiger partial charge is 0.272 e. The van der Waals surface area contributed by atoms with E-state index in [1.54, 1.807) is 61.5 Å². The summed E-state index contributed by atoms with van der Waals surface area (Å²) < 4.78 is 0. The number of benzene rings is 4. The predicted octanol–water partition coefficient (Wildman–Crippen LogP) is 8.03. The first kappa shape index (κ1) is 34.3. The zero-order chi connectivity index (χ0) is 34.9. The van der Waals surface area contributed by atoms with Crippen molar-refractivity contribution in [1.82, 2.24) is 5.32 Å². The first-order chi connectivity index (χ1) is 23.6. The molecular weight excluding hydrogens is 659 g/mol. The fraction of sp³-hybridized carbons (Fsp3) is 0.0811. The average molecular weight is 688 g/mol. The quantitative estimate of drug-likeness (QED) is 0.0550. The molecule has 0 aliphatic heterocycles. The lowest BCUT2D eigenvalue weighted by Gasteiger charge is -2.14. The zero-order valence-corrected chi connectivity index (χ0v) is 27.9. The van der Waals surface area contributed by atoms with Gasteiger partial charge in [0.05, 0.1) is 15.7 Å². The molecule has 5 rings (SSSR count). The number of non-ortho nitro benzene ring substituents is 1. The van der Waals surface area contributed by atoms with Crippen molar-refractivity contribution in [3.05, 3.63) is 147 Å². The van der Waals surface area contributed by atoms with E-state index in [-0.39, 0.29) is 17.3 Å². The van der Waals surface area contributed by atoms with Gasteiger partial charge in [-0.2, -0.15) is 5.26 Å². The zero-order valence-electron chi connectivity index (χ0n) is 26.3. The number of hydrogen-bond donors (Lipinski definition) is 3. The summed E-state index contributed by atoms with van der Waals surface area (Å²) in [6.07, 6.45) is 1.43. The molecule has 1 heterocycles. The summed E-state index contributed by atoms with van der Waals surface area (Å²) in [6.45, 7) is 3.73. The third kappa shape index (κ3) is 8.86. The van der Waals surface area contributed by atoms with Crippen LogP contribution in [0.1, 0.15) is 34.0 Å². The van der Waals surface area contributed by atoms with Gasteiger partial charge in [-0.15, -0.1) is 23.1 Å². The van der Waals surface area contributed by atoms with Crippen LogP contribution in [-0.2, 0) is 9.59 Å². The van der Waals surface area contributed by atoms with Gasteiger partial charge in [-0.25, -0.2) is 0 Å². The number of nitrogens with zero attached hydrogens (tertiary/aromatic N) is 2. The van der Waals surface area contributed by atoms with Crippen LogP contribution in [-0.4, -0.2) is 27.9 Å². The number of anilines is 2. The van der Waals surface area contributed by atoms with E-state index in [0.717, 1.165) is 16.7 Å². The highest BCUT2D eigenvalue weighted by molar-refractivity contribution is 8.00. The van der Waals surface area contributed by atoms with Crippen molar-refractivity contribution in [1.29, 1.82) is 5.26 Å². The number of amides is 3. The Labute approximate surface area is 290 Å². The summed E-state index contributed by atoms with van der Waals surface area (Å²) in [5.74, 6) is -1.42. The minimum Gasteiger partial charge on any atom is -0.321 e. The van der Waals surface area contributed by atoms with Crippen LogP contribution in [0.4, 0.5) is 16.4 Å². The van der Waals surface area contributed by atoms with Gasteiger partial charge in [-0.3, -0.25) is 24.5 Å². The number of aryl methyl sites for hydroxylation is 1. The normalized spacial score (nSPS) is 11.6. The molecule has 49 heavy (non-hydrogen) atoms. The Morgan fingerprint density at radius 2 is 1.65 bits per heavy atom. The highest BCUT2D eigenvalue weighted by Gasteiger charge is 2.21. The highest BCUT2D eigenvalue weighted by atomic mass is 32.2. The molecule has 0 saturated heterocycles. The molecule has 244 valence electrons. The Balaban J connectivity index is 1.29. The SMILES string of the molecule is Cc1ccc(-c2csc(NC(=O)C(C)Sc3cccc(NC(=O)/C(=C\c4ccc([N+](=O)[O-])cc4)NC(=O)c4ccccc4)c3)c2C#N)cc1. The van der Waals surface area contributed by atoms with Crippen LogP contribution < -0.4 is 16.0 Å². The Morgan fingerprint density at radius 1 is 0.939 bits per heavy atom. The van der Waals surface area contributed by atoms with Crippen molar-refractivity contribution in [2.24, 2.45) is 0 Å². The molecule has 0 aliphatic rings. The fourth-order valence-electron chi connectivity index (χ4n) is 4.62. The number of thioether (sulfide) groups is 1. The lowest BCUT2D eigenvalue weighted by Crippen LogP contribution is -2.30. The monoisotopic (exact) mass is 687 g/mol. The molecule has 0 radical (unpaired) electrons. The maximum Gasteiger partial charge on any atom is 0.272 e. The van der Waals surface area contributed by atoms with Gasteiger partial charge in [0.1, 0.15) is 16.8 Å². The number of carbonyl (C=O) groups is 3. The second kappa shape index (κ2) is 15.7. The van der Waals surface area contributed by atoms with Crippen LogP contribution in [0.15, 0.2) is 119 Å². The molecule has 3 N–H and O–H groups in total. The third-order valence-corrected chi connectivity index (χ3v) is 9.21. The largest absolute Gasteiger partial charge is 0.321 e. The number of rotatable bonds is 11. The minimum atomic E-state index is -0.623. The van der Waals surface area contributed by atoms with Crippen LogP contribution in [0, 0.1) is 28.4 Å². The lowest BCUT2D eigenvalue weighted by molar-refractivity contribution is -0.384. The second-order valence-electron chi connectivity index (χ2n) is 10.8. The molecule has 1 unspecified atom stereocenters. The number of carbonyl (C=O) groups excluding carboxylic acids is 3. The number of thiophene rings is 1. The molecule has 10 nitrogen and oxygen atoms in total. The van der Waals surface area contributed by atoms with E-state index in [2.05, 4.69) is 22.0 Å². The van der Waals surface area contributed by atoms with Gasteiger partial charge in [0.15, 0.2) is 0 Å². The summed E-state index contributed by atoms with van der Waals surface area (Å²) in [6, 6.07) is 30.9. The molecule has 3 amide bonds. The van der Waals surface area contributed by atoms with E-state index < -0.39 is 22.0 Å². The van der Waals surface area contributed by atoms with Crippen LogP contribution in [0.5, 0.6) is 0 Å². The minimum absolute atomic E-state index is 0.0808. The summed E-state index contributed by atoms with van der Waals surface area (Å²) in [5.41, 5.74) is 4.19. The van der Waals surface area contributed by atoms with E-state index in [0.29, 0.717) is 32.3 Å². The summed E-state index contributed by atoms with van der Waals surface area (Å²) >= 11 is 2.56. The van der Waals surface area contributed by atoms with Gasteiger partial charge in [0.2, 0.25) is 5.91 Å². The van der Waals surface area contributed by atoms with Crippen LogP contribution in [0.25, 0.3) is 17.2 Å². The number of nitro groups is 1. The van der Waals surface area contributed by atoms with Crippen molar-refractivity contribution in [2.45, 2.75) is 24.0 Å². The van der Waals surface area contributed by atoms with E-state index in [1.165, 1.54) is 53.4 Å². The molecule has 0 fully saturated rings. The summed E-state index contributed by atoms with van der Waals surface area (Å²) in [7, 11) is 0. The summed E-state index contributed by atoms with van der Waals surface area (Å²) in [5, 5.41) is 31.1. The highest BCUT2D eigenvalue weighted by Crippen LogP contribution is 2.36. The molecule has 4 aromatic carbocycles. The van der Waals surface area contributed by atoms with Crippen LogP contribution in [0.2, 0.25) is 0 Å². The van der Waals surface area contributed by atoms with E-state index in [1.807, 2.05) is 36.6 Å². The molecule has 0 saturated carbocycles. The van der Waals surface area contributed by atoms with Gasteiger partial charge in [0.25, 0.3) is 17.5 Å². The third-order valence-electron chi connectivity index (χ3n) is 7.22. The topological polar surface area (TPSA) is 154 Å². The van der Waals surface area contributed by atoms with Crippen molar-refractivity contribution >= 4 is 63.3 Å². The maximum atomic E-state index is 13.5. The molecule has 0 aliphatic carbocycles. The number of nitriles is 1. The van der Waals surface area contributed by atoms with E-state index >= 15 is 0 Å². The molecule has 0 bridgehead atoms. The molecule has 5 aromatic rings. The fourth-order valence-corrected chi connectivity index (χ4v) is 6.47. The van der Waals surface area contributed by atoms with E-state index in [9.17, 15) is 29.8 Å². The van der Waals surface area contributed by atoms with Crippen molar-refractivity contribution in [3.8, 4) is 17.2 Å². The van der Waals surface area contributed by atoms with Crippen LogP contribution >= 0.6 is 23.1 Å². The van der Waals surface area contributed by atoms with Crippen molar-refractivity contribution < 1.29 is 19.3 Å². The second-order valence-corrected chi connectivity index (χ2v) is 13.1. The molecule has 0 spiro atoms. The Kier molecular flexibility index (Phi) is 11.0. The Hall–Kier alpha value is -6.03. The van der Waals surface area contributed by atoms with Gasteiger partial charge in [0, 0.05) is 39.2 Å². The molecule has 1 aromatic heterocycles. The maximum absolute atomic E-state index is 13.5. The van der Waals surface area contributed by atoms with Gasteiger partial charge >= 0.3 is 0 Å². The Morgan fingerprint density at radius 3 is 2.33 bits per heavy atom. The molecular formula is C37H29N5O5S2. The molecule has 12 heteroatoms.